The Morgan fingerprint density at radius 2 is 1.91 bits per heavy atom. The molecular weight excluding hydrogens is 328 g/mol. The number of rotatable bonds is 6. The van der Waals surface area contributed by atoms with Crippen LogP contribution in [0.2, 0.25) is 5.15 Å². The molecule has 2 aromatic rings. The minimum Gasteiger partial charge on any atom is -0.383 e. The number of benzene rings is 1. The molecule has 1 heterocycles. The van der Waals surface area contributed by atoms with E-state index in [1.165, 1.54) is 12.4 Å². The van der Waals surface area contributed by atoms with Crippen LogP contribution in [0.5, 0.6) is 0 Å². The van der Waals surface area contributed by atoms with Crippen molar-refractivity contribution in [2.24, 2.45) is 0 Å². The molecule has 0 spiro atoms. The summed E-state index contributed by atoms with van der Waals surface area (Å²) in [6.07, 6.45) is 1.29. The van der Waals surface area contributed by atoms with E-state index in [0.717, 1.165) is 12.1 Å². The largest absolute Gasteiger partial charge is 0.383 e. The van der Waals surface area contributed by atoms with Gasteiger partial charge in [0.2, 0.25) is 0 Å². The normalized spacial score (nSPS) is 10.3. The van der Waals surface area contributed by atoms with Gasteiger partial charge in [-0.05, 0) is 12.1 Å². The van der Waals surface area contributed by atoms with Crippen molar-refractivity contribution in [1.29, 1.82) is 0 Å². The maximum atomic E-state index is 13.5. The Bertz CT molecular complexity index is 693. The Morgan fingerprint density at radius 3 is 2.57 bits per heavy atom. The first-order valence-electron chi connectivity index (χ1n) is 6.69. The number of amides is 1. The zero-order valence-corrected chi connectivity index (χ0v) is 12.9. The lowest BCUT2D eigenvalue weighted by atomic mass is 10.2. The van der Waals surface area contributed by atoms with E-state index in [0.29, 0.717) is 11.5 Å². The second kappa shape index (κ2) is 7.68. The van der Waals surface area contributed by atoms with E-state index in [-0.39, 0.29) is 18.2 Å². The number of carbonyl (C=O) groups excluding carboxylic acids is 1. The highest BCUT2D eigenvalue weighted by atomic mass is 35.5. The summed E-state index contributed by atoms with van der Waals surface area (Å²) in [5, 5.41) is 8.47. The fourth-order valence-electron chi connectivity index (χ4n) is 1.88. The molecule has 0 aliphatic carbocycles. The van der Waals surface area contributed by atoms with Gasteiger partial charge >= 0.3 is 0 Å². The monoisotopic (exact) mass is 341 g/mol. The SMILES string of the molecule is CNc1c(Cl)ncnc1NCCNC(=O)c1c(F)cccc1F. The van der Waals surface area contributed by atoms with Gasteiger partial charge in [0.25, 0.3) is 5.91 Å². The summed E-state index contributed by atoms with van der Waals surface area (Å²) in [7, 11) is 1.67. The summed E-state index contributed by atoms with van der Waals surface area (Å²) in [6.45, 7) is 0.418. The molecule has 9 heteroatoms. The van der Waals surface area contributed by atoms with Crippen LogP contribution in [0.25, 0.3) is 0 Å². The van der Waals surface area contributed by atoms with Crippen molar-refractivity contribution in [1.82, 2.24) is 15.3 Å². The van der Waals surface area contributed by atoms with Crippen molar-refractivity contribution >= 4 is 29.0 Å². The van der Waals surface area contributed by atoms with Crippen LogP contribution in [-0.4, -0.2) is 36.0 Å². The minimum absolute atomic E-state index is 0.136. The van der Waals surface area contributed by atoms with Crippen LogP contribution in [-0.2, 0) is 0 Å². The molecule has 1 amide bonds. The summed E-state index contributed by atoms with van der Waals surface area (Å²) in [5.74, 6) is -2.18. The van der Waals surface area contributed by atoms with Crippen LogP contribution >= 0.6 is 11.6 Å². The molecular formula is C14H14ClF2N5O. The van der Waals surface area contributed by atoms with Gasteiger partial charge in [-0.3, -0.25) is 4.79 Å². The number of carbonyl (C=O) groups is 1. The molecule has 0 saturated heterocycles. The van der Waals surface area contributed by atoms with Crippen LogP contribution in [0, 0.1) is 11.6 Å². The van der Waals surface area contributed by atoms with Crippen LogP contribution in [0.15, 0.2) is 24.5 Å². The van der Waals surface area contributed by atoms with Crippen molar-refractivity contribution in [3.05, 3.63) is 46.9 Å². The van der Waals surface area contributed by atoms with E-state index in [1.807, 2.05) is 0 Å². The second-order valence-corrected chi connectivity index (χ2v) is 4.78. The Kier molecular flexibility index (Phi) is 5.64. The fourth-order valence-corrected chi connectivity index (χ4v) is 2.11. The molecule has 0 bridgehead atoms. The predicted octanol–water partition coefficient (Wildman–Crippen LogP) is 2.29. The second-order valence-electron chi connectivity index (χ2n) is 4.42. The van der Waals surface area contributed by atoms with E-state index in [9.17, 15) is 13.6 Å². The zero-order chi connectivity index (χ0) is 16.8. The summed E-state index contributed by atoms with van der Waals surface area (Å²) < 4.78 is 26.9. The maximum absolute atomic E-state index is 13.5. The molecule has 1 aromatic carbocycles. The summed E-state index contributed by atoms with van der Waals surface area (Å²) >= 11 is 5.90. The quantitative estimate of drug-likeness (QED) is 0.555. The van der Waals surface area contributed by atoms with Crippen molar-refractivity contribution in [2.75, 3.05) is 30.8 Å². The molecule has 23 heavy (non-hydrogen) atoms. The third kappa shape index (κ3) is 4.04. The molecule has 3 N–H and O–H groups in total. The average molecular weight is 342 g/mol. The van der Waals surface area contributed by atoms with Crippen molar-refractivity contribution < 1.29 is 13.6 Å². The smallest absolute Gasteiger partial charge is 0.257 e. The predicted molar refractivity (Wildman–Crippen MR) is 83.8 cm³/mol. The number of hydrogen-bond donors (Lipinski definition) is 3. The maximum Gasteiger partial charge on any atom is 0.257 e. The lowest BCUT2D eigenvalue weighted by Crippen LogP contribution is -2.30. The fraction of sp³-hybridized carbons (Fsp3) is 0.214. The van der Waals surface area contributed by atoms with Gasteiger partial charge in [0.15, 0.2) is 11.0 Å². The molecule has 0 radical (unpaired) electrons. The van der Waals surface area contributed by atoms with Gasteiger partial charge in [-0.1, -0.05) is 17.7 Å². The lowest BCUT2D eigenvalue weighted by molar-refractivity contribution is 0.0946. The van der Waals surface area contributed by atoms with E-state index in [1.54, 1.807) is 7.05 Å². The summed E-state index contributed by atoms with van der Waals surface area (Å²) in [4.78, 5) is 19.6. The first-order chi connectivity index (χ1) is 11.0. The lowest BCUT2D eigenvalue weighted by Gasteiger charge is -2.12. The van der Waals surface area contributed by atoms with E-state index >= 15 is 0 Å². The van der Waals surface area contributed by atoms with Crippen LogP contribution in [0.3, 0.4) is 0 Å². The molecule has 0 aliphatic heterocycles. The Hall–Kier alpha value is -2.48. The zero-order valence-electron chi connectivity index (χ0n) is 12.2. The van der Waals surface area contributed by atoms with Gasteiger partial charge in [0.05, 0.1) is 0 Å². The third-order valence-electron chi connectivity index (χ3n) is 2.94. The third-order valence-corrected chi connectivity index (χ3v) is 3.23. The molecule has 1 aromatic heterocycles. The van der Waals surface area contributed by atoms with E-state index < -0.39 is 23.1 Å². The Labute approximate surface area is 136 Å². The topological polar surface area (TPSA) is 78.9 Å². The van der Waals surface area contributed by atoms with E-state index in [4.69, 9.17) is 11.6 Å². The number of aromatic nitrogens is 2. The number of anilines is 2. The highest BCUT2D eigenvalue weighted by Crippen LogP contribution is 2.24. The van der Waals surface area contributed by atoms with E-state index in [2.05, 4.69) is 25.9 Å². The molecule has 2 rings (SSSR count). The number of halogens is 3. The molecule has 6 nitrogen and oxygen atoms in total. The Morgan fingerprint density at radius 1 is 1.22 bits per heavy atom. The van der Waals surface area contributed by atoms with Gasteiger partial charge < -0.3 is 16.0 Å². The van der Waals surface area contributed by atoms with Gasteiger partial charge in [0.1, 0.15) is 29.2 Å². The summed E-state index contributed by atoms with van der Waals surface area (Å²) in [5.41, 5.74) is -0.0888. The molecule has 0 unspecified atom stereocenters. The minimum atomic E-state index is -0.907. The molecule has 0 atom stereocenters. The highest BCUT2D eigenvalue weighted by Gasteiger charge is 2.16. The molecule has 0 aliphatic rings. The van der Waals surface area contributed by atoms with Crippen LogP contribution in [0.1, 0.15) is 10.4 Å². The number of nitrogens with zero attached hydrogens (tertiary/aromatic N) is 2. The summed E-state index contributed by atoms with van der Waals surface area (Å²) in [6, 6.07) is 3.25. The number of nitrogens with one attached hydrogen (secondary N) is 3. The van der Waals surface area contributed by atoms with Crippen molar-refractivity contribution in [3.8, 4) is 0 Å². The standard InChI is InChI=1S/C14H14ClF2N5O/c1-18-11-12(15)21-7-22-13(11)19-5-6-20-14(23)10-8(16)3-2-4-9(10)17/h2-4,7,18H,5-6H2,1H3,(H,20,23)(H,19,21,22). The first kappa shape index (κ1) is 16.9. The van der Waals surface area contributed by atoms with Gasteiger partial charge in [-0.2, -0.15) is 0 Å². The van der Waals surface area contributed by atoms with Gasteiger partial charge in [-0.25, -0.2) is 18.7 Å². The molecule has 0 fully saturated rings. The van der Waals surface area contributed by atoms with Crippen molar-refractivity contribution in [2.45, 2.75) is 0 Å². The first-order valence-corrected chi connectivity index (χ1v) is 7.06. The molecule has 0 saturated carbocycles. The van der Waals surface area contributed by atoms with Crippen LogP contribution < -0.4 is 16.0 Å². The highest BCUT2D eigenvalue weighted by molar-refractivity contribution is 6.32. The molecule has 122 valence electrons. The van der Waals surface area contributed by atoms with Gasteiger partial charge in [-0.15, -0.1) is 0 Å². The average Bonchev–Trinajstić information content (AvgIpc) is 2.51. The van der Waals surface area contributed by atoms with Crippen molar-refractivity contribution in [3.63, 3.8) is 0 Å². The van der Waals surface area contributed by atoms with Crippen LogP contribution in [0.4, 0.5) is 20.3 Å². The number of hydrogen-bond acceptors (Lipinski definition) is 5. The van der Waals surface area contributed by atoms with Gasteiger partial charge in [0, 0.05) is 20.1 Å². The Balaban J connectivity index is 1.91.